The highest BCUT2D eigenvalue weighted by atomic mass is 16.5. The third-order valence-electron chi connectivity index (χ3n) is 3.09. The van der Waals surface area contributed by atoms with E-state index in [9.17, 15) is 5.11 Å². The monoisotopic (exact) mass is 257 g/mol. The van der Waals surface area contributed by atoms with Crippen molar-refractivity contribution in [2.45, 2.75) is 13.0 Å². The molecule has 2 aromatic carbocycles. The van der Waals surface area contributed by atoms with Crippen molar-refractivity contribution in [2.75, 3.05) is 19.0 Å². The van der Waals surface area contributed by atoms with E-state index in [1.165, 1.54) is 5.56 Å². The first kappa shape index (κ1) is 13.4. The molecule has 0 aliphatic carbocycles. The van der Waals surface area contributed by atoms with Crippen molar-refractivity contribution in [2.24, 2.45) is 0 Å². The smallest absolute Gasteiger partial charge is 0.118 e. The summed E-state index contributed by atoms with van der Waals surface area (Å²) in [4.78, 5) is 0. The van der Waals surface area contributed by atoms with Crippen LogP contribution in [0.4, 0.5) is 5.69 Å². The Morgan fingerprint density at radius 1 is 1.05 bits per heavy atom. The van der Waals surface area contributed by atoms with E-state index in [4.69, 9.17) is 4.74 Å². The van der Waals surface area contributed by atoms with Crippen LogP contribution in [0.15, 0.2) is 48.5 Å². The van der Waals surface area contributed by atoms with Gasteiger partial charge in [0.15, 0.2) is 0 Å². The van der Waals surface area contributed by atoms with E-state index in [0.29, 0.717) is 0 Å². The molecule has 0 aliphatic rings. The van der Waals surface area contributed by atoms with Crippen LogP contribution in [-0.2, 0) is 0 Å². The molecule has 3 heteroatoms. The molecule has 0 saturated carbocycles. The number of methoxy groups -OCH3 is 1. The summed E-state index contributed by atoms with van der Waals surface area (Å²) < 4.78 is 5.13. The first-order valence-electron chi connectivity index (χ1n) is 6.31. The minimum atomic E-state index is -0.117. The molecule has 0 heterocycles. The molecule has 1 atom stereocenters. The van der Waals surface area contributed by atoms with Gasteiger partial charge in [0.05, 0.1) is 19.8 Å². The topological polar surface area (TPSA) is 41.5 Å². The maximum absolute atomic E-state index is 9.53. The highest BCUT2D eigenvalue weighted by Gasteiger charge is 2.10. The van der Waals surface area contributed by atoms with E-state index < -0.39 is 0 Å². The first-order chi connectivity index (χ1) is 9.22. The van der Waals surface area contributed by atoms with E-state index in [2.05, 4.69) is 12.2 Å². The van der Waals surface area contributed by atoms with Gasteiger partial charge in [0.2, 0.25) is 0 Å². The second-order valence-electron chi connectivity index (χ2n) is 4.52. The molecule has 2 N–H and O–H groups in total. The third-order valence-corrected chi connectivity index (χ3v) is 3.09. The average Bonchev–Trinajstić information content (AvgIpc) is 2.47. The summed E-state index contributed by atoms with van der Waals surface area (Å²) in [7, 11) is 1.64. The molecule has 0 amide bonds. The summed E-state index contributed by atoms with van der Waals surface area (Å²) in [5.74, 6) is 0.816. The normalized spacial score (nSPS) is 11.9. The van der Waals surface area contributed by atoms with E-state index in [1.54, 1.807) is 7.11 Å². The summed E-state index contributed by atoms with van der Waals surface area (Å²) in [6.07, 6.45) is 0. The molecule has 0 spiro atoms. The molecular weight excluding hydrogens is 238 g/mol. The van der Waals surface area contributed by atoms with Crippen LogP contribution in [0.25, 0.3) is 0 Å². The number of nitrogens with one attached hydrogen (secondary N) is 1. The van der Waals surface area contributed by atoms with Crippen molar-refractivity contribution in [3.8, 4) is 5.75 Å². The van der Waals surface area contributed by atoms with Gasteiger partial charge in [-0.3, -0.25) is 0 Å². The lowest BCUT2D eigenvalue weighted by Gasteiger charge is -2.18. The molecule has 2 rings (SSSR count). The highest BCUT2D eigenvalue weighted by molar-refractivity contribution is 5.47. The Kier molecular flexibility index (Phi) is 4.42. The van der Waals surface area contributed by atoms with Crippen LogP contribution in [0.5, 0.6) is 5.75 Å². The molecule has 0 aliphatic heterocycles. The van der Waals surface area contributed by atoms with Crippen LogP contribution < -0.4 is 10.1 Å². The number of hydrogen-bond donors (Lipinski definition) is 2. The predicted molar refractivity (Wildman–Crippen MR) is 77.6 cm³/mol. The van der Waals surface area contributed by atoms with Gasteiger partial charge in [-0.2, -0.15) is 0 Å². The fourth-order valence-corrected chi connectivity index (χ4v) is 1.92. The number of aryl methyl sites for hydroxylation is 1. The molecule has 0 aromatic heterocycles. The van der Waals surface area contributed by atoms with Crippen molar-refractivity contribution in [1.82, 2.24) is 0 Å². The lowest BCUT2D eigenvalue weighted by Crippen LogP contribution is -2.14. The lowest BCUT2D eigenvalue weighted by molar-refractivity contribution is 0.276. The Labute approximate surface area is 113 Å². The number of anilines is 1. The molecule has 0 radical (unpaired) electrons. The summed E-state index contributed by atoms with van der Waals surface area (Å²) in [6.45, 7) is 2.09. The molecule has 100 valence electrons. The van der Waals surface area contributed by atoms with E-state index >= 15 is 0 Å². The first-order valence-corrected chi connectivity index (χ1v) is 6.31. The van der Waals surface area contributed by atoms with Gasteiger partial charge < -0.3 is 15.2 Å². The van der Waals surface area contributed by atoms with Crippen molar-refractivity contribution >= 4 is 5.69 Å². The zero-order valence-electron chi connectivity index (χ0n) is 11.3. The minimum absolute atomic E-state index is 0.0419. The Bertz CT molecular complexity index is 505. The van der Waals surface area contributed by atoms with Gasteiger partial charge in [-0.05, 0) is 36.8 Å². The number of aliphatic hydroxyl groups excluding tert-OH is 1. The van der Waals surface area contributed by atoms with Crippen LogP contribution in [0.2, 0.25) is 0 Å². The van der Waals surface area contributed by atoms with E-state index in [0.717, 1.165) is 17.0 Å². The summed E-state index contributed by atoms with van der Waals surface area (Å²) in [6, 6.07) is 15.7. The van der Waals surface area contributed by atoms with Crippen LogP contribution in [0.3, 0.4) is 0 Å². The predicted octanol–water partition coefficient (Wildman–Crippen LogP) is 3.15. The summed E-state index contributed by atoms with van der Waals surface area (Å²) >= 11 is 0. The largest absolute Gasteiger partial charge is 0.497 e. The van der Waals surface area contributed by atoms with Crippen molar-refractivity contribution in [3.05, 3.63) is 59.7 Å². The van der Waals surface area contributed by atoms with Gasteiger partial charge in [0, 0.05) is 5.69 Å². The van der Waals surface area contributed by atoms with E-state index in [-0.39, 0.29) is 12.6 Å². The fourth-order valence-electron chi connectivity index (χ4n) is 1.92. The Morgan fingerprint density at radius 2 is 1.68 bits per heavy atom. The summed E-state index contributed by atoms with van der Waals surface area (Å²) in [5.41, 5.74) is 3.25. The van der Waals surface area contributed by atoms with Crippen molar-refractivity contribution in [1.29, 1.82) is 0 Å². The Hall–Kier alpha value is -2.00. The molecule has 0 fully saturated rings. The van der Waals surface area contributed by atoms with Gasteiger partial charge in [-0.1, -0.05) is 29.8 Å². The number of benzene rings is 2. The second-order valence-corrected chi connectivity index (χ2v) is 4.52. The average molecular weight is 257 g/mol. The zero-order chi connectivity index (χ0) is 13.7. The number of rotatable bonds is 5. The molecule has 2 aromatic rings. The lowest BCUT2D eigenvalue weighted by atomic mass is 10.1. The second kappa shape index (κ2) is 6.25. The maximum Gasteiger partial charge on any atom is 0.118 e. The third kappa shape index (κ3) is 3.48. The Balaban J connectivity index is 2.12. The van der Waals surface area contributed by atoms with Gasteiger partial charge in [-0.15, -0.1) is 0 Å². The number of hydrogen-bond acceptors (Lipinski definition) is 3. The van der Waals surface area contributed by atoms with Crippen LogP contribution in [0, 0.1) is 6.92 Å². The fraction of sp³-hybridized carbons (Fsp3) is 0.250. The van der Waals surface area contributed by atoms with E-state index in [1.807, 2.05) is 48.5 Å². The molecular formula is C16H19NO2. The van der Waals surface area contributed by atoms with Crippen LogP contribution >= 0.6 is 0 Å². The number of aliphatic hydroxyl groups is 1. The summed E-state index contributed by atoms with van der Waals surface area (Å²) in [5, 5.41) is 12.8. The Morgan fingerprint density at radius 3 is 2.21 bits per heavy atom. The zero-order valence-corrected chi connectivity index (χ0v) is 11.3. The quantitative estimate of drug-likeness (QED) is 0.864. The molecule has 3 nitrogen and oxygen atoms in total. The molecule has 0 bridgehead atoms. The van der Waals surface area contributed by atoms with Crippen LogP contribution in [0.1, 0.15) is 17.2 Å². The van der Waals surface area contributed by atoms with Gasteiger partial charge in [-0.25, -0.2) is 0 Å². The molecule has 1 unspecified atom stereocenters. The molecule has 19 heavy (non-hydrogen) atoms. The van der Waals surface area contributed by atoms with Gasteiger partial charge in [0.1, 0.15) is 5.75 Å². The minimum Gasteiger partial charge on any atom is -0.497 e. The standard InChI is InChI=1S/C16H19NO2/c1-12-3-7-14(8-4-12)17-16(11-18)13-5-9-15(19-2)10-6-13/h3-10,16-18H,11H2,1-2H3. The number of ether oxygens (including phenoxy) is 1. The van der Waals surface area contributed by atoms with Gasteiger partial charge in [0.25, 0.3) is 0 Å². The van der Waals surface area contributed by atoms with Gasteiger partial charge >= 0.3 is 0 Å². The van der Waals surface area contributed by atoms with Crippen LogP contribution in [-0.4, -0.2) is 18.8 Å². The molecule has 0 saturated heterocycles. The van der Waals surface area contributed by atoms with Crippen molar-refractivity contribution in [3.63, 3.8) is 0 Å². The highest BCUT2D eigenvalue weighted by Crippen LogP contribution is 2.21. The SMILES string of the molecule is COc1ccc(C(CO)Nc2ccc(C)cc2)cc1. The maximum atomic E-state index is 9.53. The van der Waals surface area contributed by atoms with Crippen molar-refractivity contribution < 1.29 is 9.84 Å².